The number of rotatable bonds is 5. The number of hydrogen-bond donors (Lipinski definition) is 1. The third-order valence-corrected chi connectivity index (χ3v) is 4.46. The van der Waals surface area contributed by atoms with Gasteiger partial charge in [0.2, 0.25) is 0 Å². The summed E-state index contributed by atoms with van der Waals surface area (Å²) in [6.45, 7) is 0.855. The lowest BCUT2D eigenvalue weighted by atomic mass is 10.1. The molecular formula is C18H22FNO4. The summed E-state index contributed by atoms with van der Waals surface area (Å²) in [4.78, 5) is 12.2. The van der Waals surface area contributed by atoms with Gasteiger partial charge in [-0.2, -0.15) is 0 Å². The molecule has 1 N–H and O–H groups in total. The second-order valence-electron chi connectivity index (χ2n) is 6.10. The third kappa shape index (κ3) is 3.50. The van der Waals surface area contributed by atoms with E-state index in [1.165, 1.54) is 18.2 Å². The fourth-order valence-corrected chi connectivity index (χ4v) is 3.19. The Morgan fingerprint density at radius 2 is 2.21 bits per heavy atom. The Morgan fingerprint density at radius 3 is 2.92 bits per heavy atom. The van der Waals surface area contributed by atoms with E-state index in [-0.39, 0.29) is 18.3 Å². The molecule has 2 heterocycles. The van der Waals surface area contributed by atoms with Crippen molar-refractivity contribution in [2.45, 2.75) is 38.6 Å². The van der Waals surface area contributed by atoms with Crippen molar-refractivity contribution in [3.05, 3.63) is 45.5 Å². The summed E-state index contributed by atoms with van der Waals surface area (Å²) in [5.74, 6) is -0.444. The second-order valence-corrected chi connectivity index (χ2v) is 6.10. The fourth-order valence-electron chi connectivity index (χ4n) is 3.19. The molecule has 1 atom stereocenters. The number of aliphatic hydroxyl groups excluding tert-OH is 1. The highest BCUT2D eigenvalue weighted by Crippen LogP contribution is 2.21. The first-order valence-corrected chi connectivity index (χ1v) is 8.25. The molecule has 5 nitrogen and oxygen atoms in total. The Kier molecular flexibility index (Phi) is 5.28. The Balaban J connectivity index is 1.88. The third-order valence-electron chi connectivity index (χ3n) is 4.46. The molecule has 1 fully saturated rings. The van der Waals surface area contributed by atoms with E-state index in [4.69, 9.17) is 9.47 Å². The van der Waals surface area contributed by atoms with E-state index in [1.807, 2.05) is 0 Å². The van der Waals surface area contributed by atoms with Crippen LogP contribution in [0, 0.1) is 5.82 Å². The molecule has 6 heteroatoms. The van der Waals surface area contributed by atoms with E-state index in [9.17, 15) is 14.3 Å². The van der Waals surface area contributed by atoms with Gasteiger partial charge in [0.05, 0.1) is 18.7 Å². The monoisotopic (exact) mass is 335 g/mol. The van der Waals surface area contributed by atoms with Crippen molar-refractivity contribution in [2.75, 3.05) is 13.2 Å². The van der Waals surface area contributed by atoms with Crippen molar-refractivity contribution >= 4 is 10.9 Å². The molecule has 1 aromatic heterocycles. The minimum absolute atomic E-state index is 0.199. The molecule has 3 rings (SSSR count). The standard InChI is InChI=1S/C18H22FNO4/c1-20-14(11-21)10-16(22)15-9-13(19)8-12(18(15)20)5-7-24-17-4-2-3-6-23-17/h8-10,17,21H,2-7,11H2,1H3. The maximum absolute atomic E-state index is 13.9. The van der Waals surface area contributed by atoms with Crippen LogP contribution in [0.4, 0.5) is 4.39 Å². The van der Waals surface area contributed by atoms with Crippen molar-refractivity contribution in [3.63, 3.8) is 0 Å². The van der Waals surface area contributed by atoms with Gasteiger partial charge in [-0.15, -0.1) is 0 Å². The van der Waals surface area contributed by atoms with Gasteiger partial charge >= 0.3 is 0 Å². The molecule has 1 aliphatic heterocycles. The molecule has 0 amide bonds. The molecule has 1 aromatic carbocycles. The van der Waals surface area contributed by atoms with E-state index in [0.29, 0.717) is 41.8 Å². The van der Waals surface area contributed by atoms with Crippen LogP contribution in [0.2, 0.25) is 0 Å². The number of benzene rings is 1. The minimum Gasteiger partial charge on any atom is -0.390 e. The molecule has 0 bridgehead atoms. The van der Waals surface area contributed by atoms with Crippen LogP contribution in [-0.4, -0.2) is 29.2 Å². The second kappa shape index (κ2) is 7.42. The number of nitrogens with zero attached hydrogens (tertiary/aromatic N) is 1. The number of aromatic nitrogens is 1. The quantitative estimate of drug-likeness (QED) is 0.910. The first kappa shape index (κ1) is 17.1. The summed E-state index contributed by atoms with van der Waals surface area (Å²) in [7, 11) is 1.76. The van der Waals surface area contributed by atoms with Crippen LogP contribution in [0.3, 0.4) is 0 Å². The van der Waals surface area contributed by atoms with Crippen molar-refractivity contribution in [1.29, 1.82) is 0 Å². The fraction of sp³-hybridized carbons (Fsp3) is 0.500. The predicted molar refractivity (Wildman–Crippen MR) is 88.3 cm³/mol. The van der Waals surface area contributed by atoms with Crippen LogP contribution in [0.5, 0.6) is 0 Å². The van der Waals surface area contributed by atoms with E-state index < -0.39 is 5.82 Å². The average Bonchev–Trinajstić information content (AvgIpc) is 2.58. The van der Waals surface area contributed by atoms with Gasteiger partial charge in [0.25, 0.3) is 0 Å². The van der Waals surface area contributed by atoms with Crippen molar-refractivity contribution in [3.8, 4) is 0 Å². The van der Waals surface area contributed by atoms with Crippen molar-refractivity contribution in [2.24, 2.45) is 7.05 Å². The number of fused-ring (bicyclic) bond motifs is 1. The maximum Gasteiger partial charge on any atom is 0.189 e. The predicted octanol–water partition coefficient (Wildman–Crippen LogP) is 2.26. The molecule has 1 aliphatic rings. The summed E-state index contributed by atoms with van der Waals surface area (Å²) in [5.41, 5.74) is 1.54. The van der Waals surface area contributed by atoms with Crippen LogP contribution >= 0.6 is 0 Å². The van der Waals surface area contributed by atoms with Gasteiger partial charge in [0.1, 0.15) is 5.82 Å². The first-order chi connectivity index (χ1) is 11.6. The lowest BCUT2D eigenvalue weighted by Gasteiger charge is -2.23. The highest BCUT2D eigenvalue weighted by molar-refractivity contribution is 5.82. The van der Waals surface area contributed by atoms with E-state index in [1.54, 1.807) is 11.6 Å². The Labute approximate surface area is 139 Å². The van der Waals surface area contributed by atoms with E-state index in [0.717, 1.165) is 19.3 Å². The lowest BCUT2D eigenvalue weighted by molar-refractivity contribution is -0.161. The van der Waals surface area contributed by atoms with Crippen molar-refractivity contribution < 1.29 is 19.0 Å². The topological polar surface area (TPSA) is 60.7 Å². The summed E-state index contributed by atoms with van der Waals surface area (Å²) < 4.78 is 26.9. The molecule has 0 spiro atoms. The summed E-state index contributed by atoms with van der Waals surface area (Å²) in [5, 5.41) is 9.74. The number of pyridine rings is 1. The van der Waals surface area contributed by atoms with Gasteiger partial charge in [-0.05, 0) is 43.4 Å². The smallest absolute Gasteiger partial charge is 0.189 e. The van der Waals surface area contributed by atoms with Crippen LogP contribution in [0.15, 0.2) is 23.0 Å². The van der Waals surface area contributed by atoms with Crippen LogP contribution in [0.1, 0.15) is 30.5 Å². The molecular weight excluding hydrogens is 313 g/mol. The average molecular weight is 335 g/mol. The van der Waals surface area contributed by atoms with E-state index >= 15 is 0 Å². The highest BCUT2D eigenvalue weighted by atomic mass is 19.1. The van der Waals surface area contributed by atoms with E-state index in [2.05, 4.69) is 0 Å². The Hall–Kier alpha value is -1.76. The van der Waals surface area contributed by atoms with Crippen molar-refractivity contribution in [1.82, 2.24) is 4.57 Å². The maximum atomic E-state index is 13.9. The minimum atomic E-state index is -0.444. The summed E-state index contributed by atoms with van der Waals surface area (Å²) in [6, 6.07) is 4.01. The molecule has 0 aliphatic carbocycles. The zero-order valence-corrected chi connectivity index (χ0v) is 13.8. The van der Waals surface area contributed by atoms with Gasteiger partial charge in [-0.3, -0.25) is 4.79 Å². The Morgan fingerprint density at radius 1 is 1.38 bits per heavy atom. The number of aryl methyl sites for hydroxylation is 1. The Bertz CT molecular complexity index is 781. The first-order valence-electron chi connectivity index (χ1n) is 8.25. The lowest BCUT2D eigenvalue weighted by Crippen LogP contribution is -2.23. The number of hydrogen-bond acceptors (Lipinski definition) is 4. The number of aliphatic hydroxyl groups is 1. The molecule has 0 saturated carbocycles. The zero-order chi connectivity index (χ0) is 17.1. The van der Waals surface area contributed by atoms with Gasteiger partial charge < -0.3 is 19.1 Å². The zero-order valence-electron chi connectivity index (χ0n) is 13.8. The van der Waals surface area contributed by atoms with Gasteiger partial charge in [0.15, 0.2) is 11.7 Å². The summed E-state index contributed by atoms with van der Waals surface area (Å²) >= 11 is 0. The molecule has 0 radical (unpaired) electrons. The number of ether oxygens (including phenoxy) is 2. The molecule has 1 unspecified atom stereocenters. The van der Waals surface area contributed by atoms with Crippen LogP contribution < -0.4 is 5.43 Å². The molecule has 1 saturated heterocycles. The molecule has 24 heavy (non-hydrogen) atoms. The summed E-state index contributed by atoms with van der Waals surface area (Å²) in [6.07, 6.45) is 3.28. The van der Waals surface area contributed by atoms with Gasteiger partial charge in [0, 0.05) is 30.8 Å². The SMILES string of the molecule is Cn1c(CO)cc(=O)c2cc(F)cc(CCOC3CCCCO3)c21. The molecule has 130 valence electrons. The number of halogens is 1. The molecule has 2 aromatic rings. The van der Waals surface area contributed by atoms with Crippen LogP contribution in [0.25, 0.3) is 10.9 Å². The largest absolute Gasteiger partial charge is 0.390 e. The van der Waals surface area contributed by atoms with Gasteiger partial charge in [-0.25, -0.2) is 4.39 Å². The highest BCUT2D eigenvalue weighted by Gasteiger charge is 2.16. The normalized spacial score (nSPS) is 18.2. The van der Waals surface area contributed by atoms with Gasteiger partial charge in [-0.1, -0.05) is 0 Å². The van der Waals surface area contributed by atoms with Crippen LogP contribution in [-0.2, 0) is 29.5 Å².